The summed E-state index contributed by atoms with van der Waals surface area (Å²) in [6, 6.07) is 25.9. The molecule has 0 bridgehead atoms. The van der Waals surface area contributed by atoms with Gasteiger partial charge in [-0.15, -0.1) is 0 Å². The quantitative estimate of drug-likeness (QED) is 0.263. The van der Waals surface area contributed by atoms with Crippen LogP contribution in [0.5, 0.6) is 0 Å². The van der Waals surface area contributed by atoms with Crippen molar-refractivity contribution in [1.82, 2.24) is 15.0 Å². The van der Waals surface area contributed by atoms with E-state index in [0.717, 1.165) is 22.5 Å². The molecular formula is C29H28IrN3O4-. The average molecular weight is 675 g/mol. The molecule has 193 valence electrons. The summed E-state index contributed by atoms with van der Waals surface area (Å²) in [7, 11) is 0. The van der Waals surface area contributed by atoms with Crippen LogP contribution in [-0.4, -0.2) is 37.1 Å². The monoisotopic (exact) mass is 675 g/mol. The summed E-state index contributed by atoms with van der Waals surface area (Å²) in [5.74, 6) is -2.48. The molecule has 0 aliphatic carbocycles. The number of pyridine rings is 3. The molecule has 0 amide bonds. The second-order valence-electron chi connectivity index (χ2n) is 9.18. The molecular weight excluding hydrogens is 647 g/mol. The smallest absolute Gasteiger partial charge is 0.354 e. The van der Waals surface area contributed by atoms with E-state index in [9.17, 15) is 9.59 Å². The van der Waals surface area contributed by atoms with Crippen molar-refractivity contribution in [3.05, 3.63) is 125 Å². The molecule has 4 rings (SSSR count). The van der Waals surface area contributed by atoms with Crippen LogP contribution < -0.4 is 0 Å². The first-order valence-electron chi connectivity index (χ1n) is 11.3. The molecule has 0 fully saturated rings. The molecule has 4 aromatic rings. The summed E-state index contributed by atoms with van der Waals surface area (Å²) in [5.41, 5.74) is 3.45. The first-order chi connectivity index (χ1) is 17.0. The van der Waals surface area contributed by atoms with Gasteiger partial charge < -0.3 is 10.2 Å². The van der Waals surface area contributed by atoms with Crippen molar-refractivity contribution in [3.8, 4) is 0 Å². The van der Waals surface area contributed by atoms with Crippen molar-refractivity contribution in [1.29, 1.82) is 0 Å². The fraction of sp³-hybridized carbons (Fsp3) is 0.207. The third kappa shape index (κ3) is 7.15. The van der Waals surface area contributed by atoms with Crippen LogP contribution >= 0.6 is 0 Å². The summed E-state index contributed by atoms with van der Waals surface area (Å²) in [4.78, 5) is 33.1. The zero-order valence-corrected chi connectivity index (χ0v) is 23.4. The van der Waals surface area contributed by atoms with Gasteiger partial charge >= 0.3 is 11.9 Å². The van der Waals surface area contributed by atoms with E-state index in [4.69, 9.17) is 10.2 Å². The molecule has 0 saturated carbocycles. The molecule has 1 radical (unpaired) electrons. The maximum Gasteiger partial charge on any atom is 0.354 e. The van der Waals surface area contributed by atoms with Crippen molar-refractivity contribution in [2.24, 2.45) is 0 Å². The van der Waals surface area contributed by atoms with Crippen LogP contribution in [0.1, 0.15) is 71.2 Å². The third-order valence-corrected chi connectivity index (χ3v) is 5.94. The normalized spacial score (nSPS) is 10.9. The number of carboxylic acid groups (broad SMARTS) is 2. The van der Waals surface area contributed by atoms with E-state index in [0.29, 0.717) is 0 Å². The van der Waals surface area contributed by atoms with E-state index in [2.05, 4.69) is 79.0 Å². The zero-order chi connectivity index (χ0) is 26.3. The molecule has 0 atom stereocenters. The first kappa shape index (κ1) is 29.5. The summed E-state index contributed by atoms with van der Waals surface area (Å²) >= 11 is 0. The topological polar surface area (TPSA) is 113 Å². The Morgan fingerprint density at radius 2 is 1.05 bits per heavy atom. The molecule has 7 nitrogen and oxygen atoms in total. The van der Waals surface area contributed by atoms with E-state index in [1.54, 1.807) is 0 Å². The number of hydrogen-bond acceptors (Lipinski definition) is 5. The molecule has 0 aliphatic heterocycles. The summed E-state index contributed by atoms with van der Waals surface area (Å²) in [6.45, 7) is 8.77. The SMILES string of the molecule is CC(C)(c1[c-]c(C(C)(C)c2ccccn2)ccc1)c1ccccn1.O=C(O)c1cccc(C(=O)O)n1.[Ir]. The molecule has 8 heteroatoms. The number of benzene rings is 1. The van der Waals surface area contributed by atoms with Crippen molar-refractivity contribution in [2.75, 3.05) is 0 Å². The summed E-state index contributed by atoms with van der Waals surface area (Å²) in [5, 5.41) is 16.9. The Morgan fingerprint density at radius 3 is 1.41 bits per heavy atom. The van der Waals surface area contributed by atoms with Gasteiger partial charge in [-0.05, 0) is 36.4 Å². The molecule has 37 heavy (non-hydrogen) atoms. The van der Waals surface area contributed by atoms with E-state index in [1.165, 1.54) is 18.2 Å². The number of carbonyl (C=O) groups is 2. The largest absolute Gasteiger partial charge is 0.477 e. The fourth-order valence-electron chi connectivity index (χ4n) is 3.61. The van der Waals surface area contributed by atoms with Crippen molar-refractivity contribution >= 4 is 11.9 Å². The molecule has 0 spiro atoms. The van der Waals surface area contributed by atoms with Crippen LogP contribution in [0.3, 0.4) is 0 Å². The van der Waals surface area contributed by atoms with Gasteiger partial charge in [-0.3, -0.25) is 9.97 Å². The van der Waals surface area contributed by atoms with Crippen molar-refractivity contribution < 1.29 is 39.9 Å². The Bertz CT molecular complexity index is 1250. The van der Waals surface area contributed by atoms with Crippen molar-refractivity contribution in [2.45, 2.75) is 38.5 Å². The van der Waals surface area contributed by atoms with Crippen LogP contribution in [0.25, 0.3) is 0 Å². The second kappa shape index (κ2) is 12.5. The van der Waals surface area contributed by atoms with Crippen molar-refractivity contribution in [3.63, 3.8) is 0 Å². The van der Waals surface area contributed by atoms with Crippen LogP contribution in [0.4, 0.5) is 0 Å². The number of aromatic nitrogens is 3. The minimum absolute atomic E-state index is 0. The van der Waals surface area contributed by atoms with E-state index >= 15 is 0 Å². The Balaban J connectivity index is 0.000000314. The Kier molecular flexibility index (Phi) is 9.95. The van der Waals surface area contributed by atoms with Gasteiger partial charge in [0.1, 0.15) is 11.4 Å². The van der Waals surface area contributed by atoms with Gasteiger partial charge in [-0.1, -0.05) is 45.9 Å². The number of hydrogen-bond donors (Lipinski definition) is 2. The molecule has 0 aliphatic rings. The Morgan fingerprint density at radius 1 is 0.649 bits per heavy atom. The van der Waals surface area contributed by atoms with Gasteiger partial charge in [0.05, 0.1) is 0 Å². The van der Waals surface area contributed by atoms with Gasteiger partial charge in [-0.25, -0.2) is 14.6 Å². The average Bonchev–Trinajstić information content (AvgIpc) is 2.90. The first-order valence-corrected chi connectivity index (χ1v) is 11.3. The molecule has 0 saturated heterocycles. The second-order valence-corrected chi connectivity index (χ2v) is 9.18. The number of nitrogens with zero attached hydrogens (tertiary/aromatic N) is 3. The van der Waals surface area contributed by atoms with E-state index in [-0.39, 0.29) is 42.3 Å². The van der Waals surface area contributed by atoms with Crippen LogP contribution in [0.15, 0.2) is 85.2 Å². The van der Waals surface area contributed by atoms with Crippen LogP contribution in [0.2, 0.25) is 0 Å². The molecule has 3 heterocycles. The predicted molar refractivity (Wildman–Crippen MR) is 136 cm³/mol. The molecule has 3 aromatic heterocycles. The zero-order valence-electron chi connectivity index (χ0n) is 21.0. The van der Waals surface area contributed by atoms with Gasteiger partial charge in [0.15, 0.2) is 0 Å². The maximum atomic E-state index is 10.3. The van der Waals surface area contributed by atoms with Gasteiger partial charge in [0.25, 0.3) is 0 Å². The molecule has 2 N–H and O–H groups in total. The number of rotatable bonds is 6. The fourth-order valence-corrected chi connectivity index (χ4v) is 3.61. The predicted octanol–water partition coefficient (Wildman–Crippen LogP) is 5.40. The van der Waals surface area contributed by atoms with E-state index in [1.807, 2.05) is 36.7 Å². The Labute approximate surface area is 230 Å². The van der Waals surface area contributed by atoms with Gasteiger partial charge in [0, 0.05) is 54.7 Å². The number of carboxylic acids is 2. The minimum Gasteiger partial charge on any atom is -0.477 e. The minimum atomic E-state index is -1.24. The standard InChI is InChI=1S/C22H23N2.C7H5NO4.Ir/c1-21(2,19-12-5-7-14-23-19)17-10-9-11-18(16-17)22(3,4)20-13-6-8-15-24-20;9-6(10)4-2-1-3-5(8-4)7(11)12;/h5-15H,1-4H3;1-3H,(H,9,10)(H,11,12);/q-1;;. The van der Waals surface area contributed by atoms with Crippen LogP contribution in [0, 0.1) is 6.07 Å². The third-order valence-electron chi connectivity index (χ3n) is 5.94. The summed E-state index contributed by atoms with van der Waals surface area (Å²) in [6.07, 6.45) is 3.69. The molecule has 1 aromatic carbocycles. The maximum absolute atomic E-state index is 10.3. The Hall–Kier alpha value is -3.74. The van der Waals surface area contributed by atoms with Crippen LogP contribution in [-0.2, 0) is 30.9 Å². The molecule has 0 unspecified atom stereocenters. The van der Waals surface area contributed by atoms with Gasteiger partial charge in [0.2, 0.25) is 0 Å². The van der Waals surface area contributed by atoms with E-state index < -0.39 is 11.9 Å². The van der Waals surface area contributed by atoms with Gasteiger partial charge in [-0.2, -0.15) is 35.4 Å². The number of aromatic carboxylic acids is 2. The summed E-state index contributed by atoms with van der Waals surface area (Å²) < 4.78 is 0.